The van der Waals surface area contributed by atoms with Crippen molar-refractivity contribution < 1.29 is 22.0 Å². The normalized spacial score (nSPS) is 23.1. The van der Waals surface area contributed by atoms with Gasteiger partial charge >= 0.3 is 11.9 Å². The zero-order valence-corrected chi connectivity index (χ0v) is 26.5. The molecule has 2 aromatic carbocycles. The van der Waals surface area contributed by atoms with Crippen LogP contribution in [0.1, 0.15) is 25.5 Å². The van der Waals surface area contributed by atoms with Crippen molar-refractivity contribution >= 4 is 54.6 Å². The minimum atomic E-state index is -4.75. The van der Waals surface area contributed by atoms with Gasteiger partial charge in [-0.1, -0.05) is 0 Å². The van der Waals surface area contributed by atoms with Gasteiger partial charge in [0.2, 0.25) is 0 Å². The van der Waals surface area contributed by atoms with Gasteiger partial charge in [0.15, 0.2) is 5.65 Å². The van der Waals surface area contributed by atoms with E-state index in [0.29, 0.717) is 18.7 Å². The fraction of sp³-hybridized carbons (Fsp3) is 0.333. The molecule has 5 aromatic rings. The highest BCUT2D eigenvalue weighted by Crippen LogP contribution is 2.54. The number of piperazine rings is 1. The molecule has 7 rings (SSSR count). The van der Waals surface area contributed by atoms with Gasteiger partial charge in [-0.3, -0.25) is 4.57 Å². The molecule has 2 unspecified atom stereocenters. The molecule has 0 spiro atoms. The van der Waals surface area contributed by atoms with Gasteiger partial charge in [0.1, 0.15) is 17.5 Å². The average molecular weight is 709 g/mol. The number of anilines is 1. The van der Waals surface area contributed by atoms with Crippen molar-refractivity contribution in [3.63, 3.8) is 0 Å². The van der Waals surface area contributed by atoms with Gasteiger partial charge in [0, 0.05) is 63.8 Å². The van der Waals surface area contributed by atoms with E-state index in [0.717, 1.165) is 23.6 Å². The first kappa shape index (κ1) is 30.1. The van der Waals surface area contributed by atoms with Crippen LogP contribution in [0.4, 0.5) is 27.8 Å². The molecule has 4 atom stereocenters. The number of alkyl halides is 3. The van der Waals surface area contributed by atoms with Crippen LogP contribution in [0.2, 0.25) is 0 Å². The van der Waals surface area contributed by atoms with E-state index in [4.69, 9.17) is 0 Å². The standard InChI is InChI=1S/C30H27BrF5N7OS/c1-15-11-41(12-16(2)39-15)28-20-6-18(30(34,35)36)7-25-26(20)42(29(44)40-28)13-19(43-27-17(10-38-43)4-3-5-37-27)14-45(25)24-8-21(31)22(32)9-23(24)33/h3-10,15-16,19,39,45H,11-14H2,1-2H3/t15-,16+,19?. The summed E-state index contributed by atoms with van der Waals surface area (Å²) in [6, 6.07) is 6.98. The third-order valence-electron chi connectivity index (χ3n) is 8.28. The predicted octanol–water partition coefficient (Wildman–Crippen LogP) is 6.06. The van der Waals surface area contributed by atoms with E-state index in [1.54, 1.807) is 23.1 Å². The van der Waals surface area contributed by atoms with E-state index in [1.165, 1.54) is 10.6 Å². The lowest BCUT2D eigenvalue weighted by atomic mass is 10.1. The van der Waals surface area contributed by atoms with Crippen molar-refractivity contribution in [1.29, 1.82) is 0 Å². The summed E-state index contributed by atoms with van der Waals surface area (Å²) < 4.78 is 76.8. The number of benzene rings is 2. The molecule has 2 aliphatic rings. The Balaban J connectivity index is 1.55. The summed E-state index contributed by atoms with van der Waals surface area (Å²) in [7, 11) is -1.95. The molecule has 0 aliphatic carbocycles. The molecule has 1 saturated heterocycles. The maximum atomic E-state index is 15.7. The van der Waals surface area contributed by atoms with Crippen molar-refractivity contribution in [1.82, 2.24) is 29.6 Å². The molecule has 236 valence electrons. The molecule has 8 nitrogen and oxygen atoms in total. The topological polar surface area (TPSA) is 80.9 Å². The fourth-order valence-corrected chi connectivity index (χ4v) is 9.75. The van der Waals surface area contributed by atoms with Gasteiger partial charge in [-0.05, 0) is 60.1 Å². The van der Waals surface area contributed by atoms with Crippen LogP contribution in [0, 0.1) is 11.6 Å². The minimum Gasteiger partial charge on any atom is -0.353 e. The smallest absolute Gasteiger partial charge is 0.353 e. The lowest BCUT2D eigenvalue weighted by Gasteiger charge is -2.37. The van der Waals surface area contributed by atoms with Crippen LogP contribution in [0.15, 0.2) is 67.9 Å². The van der Waals surface area contributed by atoms with E-state index in [-0.39, 0.29) is 55.4 Å². The zero-order chi connectivity index (χ0) is 31.8. The Morgan fingerprint density at radius 2 is 1.78 bits per heavy atom. The molecule has 0 bridgehead atoms. The minimum absolute atomic E-state index is 0.00547. The highest BCUT2D eigenvalue weighted by atomic mass is 79.9. The Labute approximate surface area is 264 Å². The summed E-state index contributed by atoms with van der Waals surface area (Å²) in [4.78, 5) is 24.8. The number of rotatable bonds is 3. The number of thiol groups is 1. The van der Waals surface area contributed by atoms with Crippen molar-refractivity contribution in [2.75, 3.05) is 23.7 Å². The molecule has 45 heavy (non-hydrogen) atoms. The SMILES string of the molecule is C[C@@H]1CN(c2nc(=O)n3c4c(cc(C(F)(F)F)cc24)[SH](c2cc(Br)c(F)cc2F)CC(n2ncc4cccnc42)C3)C[C@H](C)N1. The first-order chi connectivity index (χ1) is 21.4. The highest BCUT2D eigenvalue weighted by molar-refractivity contribution is 9.10. The number of aromatic nitrogens is 5. The summed E-state index contributed by atoms with van der Waals surface area (Å²) >= 11 is 3.14. The molecule has 0 amide bonds. The number of fused-ring (bicyclic) bond motifs is 1. The molecular weight excluding hydrogens is 681 g/mol. The number of nitrogens with one attached hydrogen (secondary N) is 1. The number of hydrogen-bond donors (Lipinski definition) is 2. The van der Waals surface area contributed by atoms with Crippen LogP contribution in [0.25, 0.3) is 21.9 Å². The molecule has 0 saturated carbocycles. The molecular formula is C30H27BrF5N7OS. The second kappa shape index (κ2) is 11.1. The molecule has 1 fully saturated rings. The Morgan fingerprint density at radius 3 is 2.51 bits per heavy atom. The molecule has 3 aromatic heterocycles. The first-order valence-corrected chi connectivity index (χ1v) is 16.6. The van der Waals surface area contributed by atoms with Gasteiger partial charge in [-0.2, -0.15) is 34.1 Å². The lowest BCUT2D eigenvalue weighted by Crippen LogP contribution is -2.55. The van der Waals surface area contributed by atoms with Crippen molar-refractivity contribution in [2.24, 2.45) is 0 Å². The quantitative estimate of drug-likeness (QED) is 0.135. The molecule has 2 aliphatic heterocycles. The Kier molecular flexibility index (Phi) is 7.40. The highest BCUT2D eigenvalue weighted by Gasteiger charge is 2.37. The van der Waals surface area contributed by atoms with Crippen LogP contribution >= 0.6 is 26.8 Å². The number of pyridine rings is 1. The Hall–Kier alpha value is -3.56. The summed E-state index contributed by atoms with van der Waals surface area (Å²) in [5.74, 6) is -1.46. The average Bonchev–Trinajstić information content (AvgIpc) is 3.33. The maximum absolute atomic E-state index is 15.7. The van der Waals surface area contributed by atoms with E-state index in [2.05, 4.69) is 36.3 Å². The summed E-state index contributed by atoms with van der Waals surface area (Å²) in [6.45, 7) is 4.75. The van der Waals surface area contributed by atoms with Crippen LogP contribution in [-0.4, -0.2) is 55.2 Å². The molecule has 0 radical (unpaired) electrons. The van der Waals surface area contributed by atoms with Crippen LogP contribution in [0.3, 0.4) is 0 Å². The van der Waals surface area contributed by atoms with Crippen LogP contribution in [0.5, 0.6) is 0 Å². The third kappa shape index (κ3) is 5.27. The zero-order valence-electron chi connectivity index (χ0n) is 24.0. The van der Waals surface area contributed by atoms with Crippen molar-refractivity contribution in [3.05, 3.63) is 80.9 Å². The lowest BCUT2D eigenvalue weighted by molar-refractivity contribution is -0.137. The maximum Gasteiger partial charge on any atom is 0.416 e. The van der Waals surface area contributed by atoms with Crippen molar-refractivity contribution in [2.45, 2.75) is 54.5 Å². The Bertz CT molecular complexity index is 2020. The van der Waals surface area contributed by atoms with Gasteiger partial charge in [-0.25, -0.2) is 23.2 Å². The largest absolute Gasteiger partial charge is 0.416 e. The Morgan fingerprint density at radius 1 is 1.02 bits per heavy atom. The summed E-state index contributed by atoms with van der Waals surface area (Å²) in [5, 5.41) is 8.81. The predicted molar refractivity (Wildman–Crippen MR) is 166 cm³/mol. The second-order valence-electron chi connectivity index (χ2n) is 11.6. The second-order valence-corrected chi connectivity index (χ2v) is 14.6. The summed E-state index contributed by atoms with van der Waals surface area (Å²) in [6.07, 6.45) is -1.53. The number of hydrogen-bond acceptors (Lipinski definition) is 6. The molecule has 1 N–H and O–H groups in total. The van der Waals surface area contributed by atoms with Gasteiger partial charge < -0.3 is 10.2 Å². The first-order valence-electron chi connectivity index (χ1n) is 14.3. The number of halogens is 6. The van der Waals surface area contributed by atoms with E-state index >= 15 is 4.39 Å². The van der Waals surface area contributed by atoms with E-state index < -0.39 is 46.0 Å². The van der Waals surface area contributed by atoms with E-state index in [1.807, 2.05) is 24.8 Å². The van der Waals surface area contributed by atoms with Crippen molar-refractivity contribution in [3.8, 4) is 0 Å². The van der Waals surface area contributed by atoms with Crippen LogP contribution in [-0.2, 0) is 12.7 Å². The van der Waals surface area contributed by atoms with Gasteiger partial charge in [0.05, 0.1) is 34.3 Å². The monoisotopic (exact) mass is 707 g/mol. The van der Waals surface area contributed by atoms with Gasteiger partial charge in [-0.15, -0.1) is 0 Å². The fourth-order valence-electron chi connectivity index (χ4n) is 6.49. The van der Waals surface area contributed by atoms with E-state index in [9.17, 15) is 22.4 Å². The molecule has 15 heteroatoms. The van der Waals surface area contributed by atoms with Crippen LogP contribution < -0.4 is 15.9 Å². The number of nitrogens with zero attached hydrogens (tertiary/aromatic N) is 6. The summed E-state index contributed by atoms with van der Waals surface area (Å²) in [5.41, 5.74) is -0.801. The molecule has 5 heterocycles. The third-order valence-corrected chi connectivity index (χ3v) is 11.5. The van der Waals surface area contributed by atoms with Gasteiger partial charge in [0.25, 0.3) is 0 Å².